The van der Waals surface area contributed by atoms with Gasteiger partial charge in [-0.1, -0.05) is 28.9 Å². The van der Waals surface area contributed by atoms with Crippen LogP contribution >= 0.6 is 11.6 Å². The molecule has 0 bridgehead atoms. The summed E-state index contributed by atoms with van der Waals surface area (Å²) in [5.41, 5.74) is 1.33. The van der Waals surface area contributed by atoms with Gasteiger partial charge in [-0.3, -0.25) is 9.69 Å². The number of hydrogen-bond acceptors (Lipinski definition) is 6. The van der Waals surface area contributed by atoms with E-state index in [4.69, 9.17) is 16.3 Å². The Labute approximate surface area is 174 Å². The highest BCUT2D eigenvalue weighted by Gasteiger charge is 2.34. The molecule has 156 valence electrons. The van der Waals surface area contributed by atoms with Gasteiger partial charge in [-0.15, -0.1) is 5.10 Å². The lowest BCUT2D eigenvalue weighted by molar-refractivity contribution is 0.0671. The van der Waals surface area contributed by atoms with Gasteiger partial charge >= 0.3 is 0 Å². The molecule has 2 atom stereocenters. The number of aliphatic hydroxyl groups excluding tert-OH is 1. The normalized spacial score (nSPS) is 19.4. The number of ether oxygens (including phenoxy) is 1. The first kappa shape index (κ1) is 20.1. The van der Waals surface area contributed by atoms with Gasteiger partial charge in [0.05, 0.1) is 29.4 Å². The number of aromatic nitrogens is 3. The first-order chi connectivity index (χ1) is 13.9. The van der Waals surface area contributed by atoms with Crippen LogP contribution in [-0.4, -0.2) is 62.7 Å². The number of hydrogen-bond donors (Lipinski definition) is 2. The summed E-state index contributed by atoms with van der Waals surface area (Å²) in [5, 5.41) is 21.0. The van der Waals surface area contributed by atoms with Gasteiger partial charge in [-0.2, -0.15) is 0 Å². The second kappa shape index (κ2) is 8.30. The number of nitrogens with one attached hydrogen (secondary N) is 1. The summed E-state index contributed by atoms with van der Waals surface area (Å²) in [6.07, 6.45) is 3.38. The molecule has 0 spiro atoms. The first-order valence-corrected chi connectivity index (χ1v) is 10.4. The number of benzene rings is 1. The van der Waals surface area contributed by atoms with Crippen molar-refractivity contribution in [2.75, 3.05) is 19.7 Å². The highest BCUT2D eigenvalue weighted by atomic mass is 35.5. The highest BCUT2D eigenvalue weighted by Crippen LogP contribution is 2.36. The van der Waals surface area contributed by atoms with E-state index in [9.17, 15) is 9.90 Å². The van der Waals surface area contributed by atoms with Gasteiger partial charge in [0, 0.05) is 19.1 Å². The van der Waals surface area contributed by atoms with Crippen LogP contribution in [0.1, 0.15) is 54.8 Å². The third-order valence-corrected chi connectivity index (χ3v) is 5.78. The van der Waals surface area contributed by atoms with Crippen LogP contribution in [0.15, 0.2) is 24.4 Å². The van der Waals surface area contributed by atoms with Crippen molar-refractivity contribution in [2.24, 2.45) is 0 Å². The maximum atomic E-state index is 12.4. The Hall–Kier alpha value is -2.16. The Morgan fingerprint density at radius 1 is 1.38 bits per heavy atom. The van der Waals surface area contributed by atoms with Crippen LogP contribution in [0.2, 0.25) is 5.02 Å². The monoisotopic (exact) mass is 419 g/mol. The molecule has 2 aromatic rings. The van der Waals surface area contributed by atoms with Crippen molar-refractivity contribution in [3.8, 4) is 5.75 Å². The molecule has 1 amide bonds. The molecule has 1 aromatic heterocycles. The van der Waals surface area contributed by atoms with E-state index in [1.165, 1.54) is 0 Å². The fraction of sp³-hybridized carbons (Fsp3) is 0.550. The van der Waals surface area contributed by atoms with Gasteiger partial charge in [-0.25, -0.2) is 4.68 Å². The first-order valence-electron chi connectivity index (χ1n) is 9.98. The molecule has 1 aliphatic heterocycles. The second-order valence-corrected chi connectivity index (χ2v) is 8.31. The van der Waals surface area contributed by atoms with Gasteiger partial charge in [0.2, 0.25) is 0 Å². The molecule has 1 aromatic carbocycles. The summed E-state index contributed by atoms with van der Waals surface area (Å²) < 4.78 is 7.37. The molecule has 1 aliphatic carbocycles. The predicted octanol–water partition coefficient (Wildman–Crippen LogP) is 2.20. The molecular formula is C20H26ClN5O3. The molecule has 2 unspecified atom stereocenters. The van der Waals surface area contributed by atoms with Crippen LogP contribution in [-0.2, 0) is 0 Å². The van der Waals surface area contributed by atoms with Crippen molar-refractivity contribution >= 4 is 17.5 Å². The topological polar surface area (TPSA) is 92.5 Å². The number of rotatable bonds is 8. The summed E-state index contributed by atoms with van der Waals surface area (Å²) in [7, 11) is 0. The molecular weight excluding hydrogens is 394 g/mol. The molecule has 29 heavy (non-hydrogen) atoms. The van der Waals surface area contributed by atoms with E-state index in [1.807, 2.05) is 12.1 Å². The van der Waals surface area contributed by atoms with Crippen molar-refractivity contribution in [2.45, 2.75) is 50.9 Å². The molecule has 0 radical (unpaired) electrons. The standard InChI is InChI=1S/C20H26ClN5O3/c1-12(27)11-29-18-5-3-4-16(19(18)21)13(2)25-8-14(9-25)22-20(28)17-10-26(24-23-17)15-6-7-15/h3-5,10,12-15,27H,6-9,11H2,1-2H3,(H,22,28). The van der Waals surface area contributed by atoms with Gasteiger partial charge in [-0.05, 0) is 38.3 Å². The third kappa shape index (κ3) is 4.55. The summed E-state index contributed by atoms with van der Waals surface area (Å²) in [4.78, 5) is 14.6. The number of amides is 1. The molecule has 2 heterocycles. The Morgan fingerprint density at radius 2 is 2.14 bits per heavy atom. The predicted molar refractivity (Wildman–Crippen MR) is 108 cm³/mol. The zero-order chi connectivity index (χ0) is 20.5. The number of halogens is 1. The molecule has 2 fully saturated rings. The lowest BCUT2D eigenvalue weighted by atomic mass is 10.00. The minimum atomic E-state index is -0.558. The van der Waals surface area contributed by atoms with Crippen LogP contribution in [0.5, 0.6) is 5.75 Å². The van der Waals surface area contributed by atoms with E-state index in [2.05, 4.69) is 27.5 Å². The zero-order valence-electron chi connectivity index (χ0n) is 16.6. The molecule has 2 aliphatic rings. The van der Waals surface area contributed by atoms with Crippen molar-refractivity contribution in [1.29, 1.82) is 0 Å². The van der Waals surface area contributed by atoms with Crippen LogP contribution in [0.3, 0.4) is 0 Å². The molecule has 1 saturated carbocycles. The molecule has 2 N–H and O–H groups in total. The largest absolute Gasteiger partial charge is 0.489 e. The van der Waals surface area contributed by atoms with Gasteiger partial charge < -0.3 is 15.2 Å². The van der Waals surface area contributed by atoms with Crippen molar-refractivity contribution < 1.29 is 14.6 Å². The van der Waals surface area contributed by atoms with Crippen LogP contribution in [0, 0.1) is 0 Å². The van der Waals surface area contributed by atoms with Gasteiger partial charge in [0.1, 0.15) is 12.4 Å². The summed E-state index contributed by atoms with van der Waals surface area (Å²) in [5.74, 6) is 0.391. The van der Waals surface area contributed by atoms with Crippen molar-refractivity contribution in [1.82, 2.24) is 25.2 Å². The van der Waals surface area contributed by atoms with E-state index in [0.717, 1.165) is 31.5 Å². The maximum Gasteiger partial charge on any atom is 0.273 e. The number of likely N-dealkylation sites (tertiary alicyclic amines) is 1. The summed E-state index contributed by atoms with van der Waals surface area (Å²) in [6, 6.07) is 6.25. The fourth-order valence-electron chi connectivity index (χ4n) is 3.45. The Kier molecular flexibility index (Phi) is 5.76. The average Bonchev–Trinajstić information content (AvgIpc) is 3.39. The Bertz CT molecular complexity index is 877. The highest BCUT2D eigenvalue weighted by molar-refractivity contribution is 6.32. The smallest absolute Gasteiger partial charge is 0.273 e. The second-order valence-electron chi connectivity index (χ2n) is 7.93. The van der Waals surface area contributed by atoms with Crippen molar-refractivity contribution in [3.05, 3.63) is 40.7 Å². The number of carbonyl (C=O) groups is 1. The van der Waals surface area contributed by atoms with Gasteiger partial charge in [0.25, 0.3) is 5.91 Å². The van der Waals surface area contributed by atoms with E-state index < -0.39 is 6.10 Å². The summed E-state index contributed by atoms with van der Waals surface area (Å²) >= 11 is 6.53. The molecule has 8 nitrogen and oxygen atoms in total. The van der Waals surface area contributed by atoms with Crippen LogP contribution < -0.4 is 10.1 Å². The van der Waals surface area contributed by atoms with E-state index in [-0.39, 0.29) is 24.6 Å². The SMILES string of the molecule is CC(O)COc1cccc(C(C)N2CC(NC(=O)c3cn(C4CC4)nn3)C2)c1Cl. The Morgan fingerprint density at radius 3 is 2.83 bits per heavy atom. The molecule has 1 saturated heterocycles. The number of carbonyl (C=O) groups excluding carboxylic acids is 1. The number of aliphatic hydroxyl groups is 1. The Balaban J connectivity index is 1.31. The zero-order valence-corrected chi connectivity index (χ0v) is 17.3. The van der Waals surface area contributed by atoms with Crippen LogP contribution in [0.4, 0.5) is 0 Å². The minimum absolute atomic E-state index is 0.0736. The molecule has 9 heteroatoms. The van der Waals surface area contributed by atoms with Crippen LogP contribution in [0.25, 0.3) is 0 Å². The minimum Gasteiger partial charge on any atom is -0.489 e. The lowest BCUT2D eigenvalue weighted by Gasteiger charge is -2.43. The fourth-order valence-corrected chi connectivity index (χ4v) is 3.79. The third-order valence-electron chi connectivity index (χ3n) is 5.38. The van der Waals surface area contributed by atoms with E-state index in [0.29, 0.717) is 22.5 Å². The van der Waals surface area contributed by atoms with E-state index >= 15 is 0 Å². The quantitative estimate of drug-likeness (QED) is 0.681. The average molecular weight is 420 g/mol. The number of nitrogens with zero attached hydrogens (tertiary/aromatic N) is 4. The summed E-state index contributed by atoms with van der Waals surface area (Å²) in [6.45, 7) is 5.42. The maximum absolute atomic E-state index is 12.4. The molecule has 4 rings (SSSR count). The van der Waals surface area contributed by atoms with Gasteiger partial charge in [0.15, 0.2) is 5.69 Å². The van der Waals surface area contributed by atoms with Crippen molar-refractivity contribution in [3.63, 3.8) is 0 Å². The lowest BCUT2D eigenvalue weighted by Crippen LogP contribution is -2.59. The van der Waals surface area contributed by atoms with E-state index in [1.54, 1.807) is 23.9 Å².